The van der Waals surface area contributed by atoms with Gasteiger partial charge in [0.1, 0.15) is 10.0 Å². The minimum atomic E-state index is -4.34. The molecule has 1 aliphatic carbocycles. The Morgan fingerprint density at radius 2 is 1.95 bits per heavy atom. The summed E-state index contributed by atoms with van der Waals surface area (Å²) in [5.41, 5.74) is 0.326. The zero-order valence-electron chi connectivity index (χ0n) is 11.5. The second kappa shape index (κ2) is 6.14. The molecule has 118 valence electrons. The number of rotatable bonds is 5. The first kappa shape index (κ1) is 15.7. The topological polar surface area (TPSA) is 29.0 Å². The quantitative estimate of drug-likeness (QED) is 0.804. The predicted molar refractivity (Wildman–Crippen MR) is 78.6 cm³/mol. The molecule has 3 nitrogen and oxygen atoms in total. The van der Waals surface area contributed by atoms with Crippen LogP contribution < -0.4 is 0 Å². The summed E-state index contributed by atoms with van der Waals surface area (Å²) < 4.78 is 43.6. The van der Waals surface area contributed by atoms with Crippen LogP contribution in [0.4, 0.5) is 13.2 Å². The van der Waals surface area contributed by atoms with E-state index < -0.39 is 11.7 Å². The van der Waals surface area contributed by atoms with Gasteiger partial charge in [0.05, 0.1) is 5.56 Å². The van der Waals surface area contributed by atoms with E-state index >= 15 is 0 Å². The molecule has 1 saturated carbocycles. The second-order valence-corrected chi connectivity index (χ2v) is 6.64. The Kier molecular flexibility index (Phi) is 4.38. The van der Waals surface area contributed by atoms with Crippen LogP contribution in [0.25, 0.3) is 0 Å². The van der Waals surface area contributed by atoms with Gasteiger partial charge in [-0.1, -0.05) is 34.3 Å². The monoisotopic (exact) mass is 347 g/mol. The summed E-state index contributed by atoms with van der Waals surface area (Å²) in [7, 11) is 0. The van der Waals surface area contributed by atoms with Crippen molar-refractivity contribution in [1.82, 2.24) is 14.5 Å². The van der Waals surface area contributed by atoms with Crippen LogP contribution in [0.5, 0.6) is 0 Å². The molecule has 0 amide bonds. The molecule has 2 aromatic rings. The van der Waals surface area contributed by atoms with E-state index in [1.54, 1.807) is 6.07 Å². The van der Waals surface area contributed by atoms with E-state index in [9.17, 15) is 13.2 Å². The molecule has 0 N–H and O–H groups in total. The van der Waals surface area contributed by atoms with Gasteiger partial charge in [-0.05, 0) is 24.5 Å². The van der Waals surface area contributed by atoms with Crippen LogP contribution in [-0.2, 0) is 19.3 Å². The van der Waals surface area contributed by atoms with Crippen molar-refractivity contribution < 1.29 is 13.2 Å². The van der Waals surface area contributed by atoms with Crippen LogP contribution in [0, 0.1) is 0 Å². The van der Waals surface area contributed by atoms with Gasteiger partial charge in [-0.2, -0.15) is 13.2 Å². The first-order chi connectivity index (χ1) is 10.4. The molecule has 0 unspecified atom stereocenters. The number of benzene rings is 1. The van der Waals surface area contributed by atoms with Gasteiger partial charge in [0, 0.05) is 30.7 Å². The molecule has 1 heterocycles. The number of aromatic nitrogens is 2. The van der Waals surface area contributed by atoms with Gasteiger partial charge in [-0.15, -0.1) is 5.10 Å². The smallest absolute Gasteiger partial charge is 0.290 e. The molecule has 0 radical (unpaired) electrons. The lowest BCUT2D eigenvalue weighted by Gasteiger charge is -2.23. The average Bonchev–Trinajstić information content (AvgIpc) is 3.23. The van der Waals surface area contributed by atoms with Crippen LogP contribution in [0.15, 0.2) is 24.3 Å². The summed E-state index contributed by atoms with van der Waals surface area (Å²) in [4.78, 5) is 1.99. The highest BCUT2D eigenvalue weighted by atomic mass is 35.5. The molecule has 22 heavy (non-hydrogen) atoms. The van der Waals surface area contributed by atoms with Crippen molar-refractivity contribution in [1.29, 1.82) is 0 Å². The zero-order valence-corrected chi connectivity index (χ0v) is 13.0. The van der Waals surface area contributed by atoms with Crippen molar-refractivity contribution in [3.8, 4) is 0 Å². The molecule has 0 aliphatic heterocycles. The molecule has 1 aromatic heterocycles. The summed E-state index contributed by atoms with van der Waals surface area (Å²) in [6, 6.07) is 5.98. The molecule has 1 aliphatic rings. The van der Waals surface area contributed by atoms with Crippen LogP contribution in [0.2, 0.25) is 4.34 Å². The molecule has 1 aromatic carbocycles. The summed E-state index contributed by atoms with van der Waals surface area (Å²) >= 11 is 7.09. The van der Waals surface area contributed by atoms with Crippen molar-refractivity contribution in [3.05, 3.63) is 45.4 Å². The fourth-order valence-corrected chi connectivity index (χ4v) is 3.00. The Bertz CT molecular complexity index is 655. The van der Waals surface area contributed by atoms with Gasteiger partial charge >= 0.3 is 6.18 Å². The van der Waals surface area contributed by atoms with Gasteiger partial charge < -0.3 is 0 Å². The predicted octanol–water partition coefficient (Wildman–Crippen LogP) is 4.37. The van der Waals surface area contributed by atoms with Crippen molar-refractivity contribution >= 4 is 23.1 Å². The molecule has 0 atom stereocenters. The Morgan fingerprint density at radius 1 is 1.23 bits per heavy atom. The van der Waals surface area contributed by atoms with Crippen molar-refractivity contribution in [3.63, 3.8) is 0 Å². The summed E-state index contributed by atoms with van der Waals surface area (Å²) in [6.07, 6.45) is -2.36. The number of hydrogen-bond donors (Lipinski definition) is 0. The third-order valence-corrected chi connectivity index (χ3v) is 4.61. The SMILES string of the molecule is FC(F)(F)c1ccccc1CN(Cc1nnsc1Cl)C1CC1. The maximum atomic E-state index is 13.1. The molecular weight excluding hydrogens is 335 g/mol. The lowest BCUT2D eigenvalue weighted by Crippen LogP contribution is -2.26. The minimum Gasteiger partial charge on any atom is -0.290 e. The fraction of sp³-hybridized carbons (Fsp3) is 0.429. The third kappa shape index (κ3) is 3.59. The minimum absolute atomic E-state index is 0.230. The van der Waals surface area contributed by atoms with Crippen molar-refractivity contribution in [2.75, 3.05) is 0 Å². The van der Waals surface area contributed by atoms with Crippen LogP contribution in [0.1, 0.15) is 29.7 Å². The lowest BCUT2D eigenvalue weighted by atomic mass is 10.1. The van der Waals surface area contributed by atoms with E-state index in [0.717, 1.165) is 30.4 Å². The Labute approximate surface area is 134 Å². The molecule has 8 heteroatoms. The number of nitrogens with zero attached hydrogens (tertiary/aromatic N) is 3. The Balaban J connectivity index is 1.82. The standard InChI is InChI=1S/C14H13ClF3N3S/c15-13-12(19-20-22-13)8-21(10-5-6-10)7-9-3-1-2-4-11(9)14(16,17)18/h1-4,10H,5-8H2. The van der Waals surface area contributed by atoms with Gasteiger partial charge in [0.15, 0.2) is 0 Å². The van der Waals surface area contributed by atoms with E-state index in [4.69, 9.17) is 11.6 Å². The van der Waals surface area contributed by atoms with Crippen molar-refractivity contribution in [2.24, 2.45) is 0 Å². The molecule has 0 spiro atoms. The van der Waals surface area contributed by atoms with Gasteiger partial charge in [-0.25, -0.2) is 0 Å². The number of hydrogen-bond acceptors (Lipinski definition) is 4. The Hall–Kier alpha value is -1.18. The first-order valence-electron chi connectivity index (χ1n) is 6.81. The highest BCUT2D eigenvalue weighted by Gasteiger charge is 2.35. The lowest BCUT2D eigenvalue weighted by molar-refractivity contribution is -0.138. The highest BCUT2D eigenvalue weighted by Crippen LogP contribution is 2.35. The molecule has 1 fully saturated rings. The van der Waals surface area contributed by atoms with Crippen molar-refractivity contribution in [2.45, 2.75) is 38.1 Å². The van der Waals surface area contributed by atoms with Crippen LogP contribution in [0.3, 0.4) is 0 Å². The summed E-state index contributed by atoms with van der Waals surface area (Å²) in [5.74, 6) is 0. The fourth-order valence-electron chi connectivity index (χ4n) is 2.39. The van der Waals surface area contributed by atoms with Gasteiger partial charge in [0.2, 0.25) is 0 Å². The van der Waals surface area contributed by atoms with E-state index in [-0.39, 0.29) is 12.1 Å². The summed E-state index contributed by atoms with van der Waals surface area (Å²) in [5, 5.41) is 3.95. The van der Waals surface area contributed by atoms with Crippen LogP contribution in [-0.4, -0.2) is 20.5 Å². The zero-order chi connectivity index (χ0) is 15.7. The molecule has 0 saturated heterocycles. The average molecular weight is 348 g/mol. The Morgan fingerprint density at radius 3 is 2.55 bits per heavy atom. The van der Waals surface area contributed by atoms with E-state index in [1.165, 1.54) is 12.1 Å². The van der Waals surface area contributed by atoms with E-state index in [2.05, 4.69) is 9.59 Å². The first-order valence-corrected chi connectivity index (χ1v) is 7.96. The number of halogens is 4. The summed E-state index contributed by atoms with van der Waals surface area (Å²) in [6.45, 7) is 0.653. The maximum absolute atomic E-state index is 13.1. The van der Waals surface area contributed by atoms with Gasteiger partial charge in [0.25, 0.3) is 0 Å². The normalized spacial score (nSPS) is 15.5. The van der Waals surface area contributed by atoms with E-state index in [0.29, 0.717) is 22.6 Å². The number of alkyl halides is 3. The van der Waals surface area contributed by atoms with Gasteiger partial charge in [-0.3, -0.25) is 4.90 Å². The second-order valence-electron chi connectivity index (χ2n) is 5.28. The van der Waals surface area contributed by atoms with Crippen LogP contribution >= 0.6 is 23.1 Å². The molecule has 0 bridgehead atoms. The highest BCUT2D eigenvalue weighted by molar-refractivity contribution is 7.10. The molecule has 3 rings (SSSR count). The van der Waals surface area contributed by atoms with E-state index in [1.807, 2.05) is 4.90 Å². The molecular formula is C14H13ClF3N3S. The maximum Gasteiger partial charge on any atom is 0.416 e. The third-order valence-electron chi connectivity index (χ3n) is 3.62. The largest absolute Gasteiger partial charge is 0.416 e.